The largest absolute Gasteiger partial charge is 0.437 e. The Hall–Kier alpha value is -3.16. The van der Waals surface area contributed by atoms with Crippen molar-refractivity contribution in [1.29, 1.82) is 0 Å². The lowest BCUT2D eigenvalue weighted by Gasteiger charge is -2.24. The van der Waals surface area contributed by atoms with Crippen LogP contribution in [0.2, 0.25) is 0 Å². The van der Waals surface area contributed by atoms with Crippen LogP contribution in [0.15, 0.2) is 60.7 Å². The molecule has 0 unspecified atom stereocenters. The van der Waals surface area contributed by atoms with Crippen LogP contribution in [-0.4, -0.2) is 19.7 Å². The molecule has 0 atom stereocenters. The fourth-order valence-electron chi connectivity index (χ4n) is 3.42. The van der Waals surface area contributed by atoms with Gasteiger partial charge in [-0.3, -0.25) is 4.68 Å². The van der Waals surface area contributed by atoms with Crippen LogP contribution in [0, 0.1) is 0 Å². The van der Waals surface area contributed by atoms with Crippen LogP contribution in [0.5, 0.6) is 11.6 Å². The molecule has 1 aliphatic carbocycles. The lowest BCUT2D eigenvalue weighted by atomic mass is 9.90. The van der Waals surface area contributed by atoms with E-state index in [1.54, 1.807) is 12.3 Å². The van der Waals surface area contributed by atoms with Gasteiger partial charge in [-0.25, -0.2) is 9.97 Å². The van der Waals surface area contributed by atoms with Gasteiger partial charge in [0, 0.05) is 12.4 Å². The molecule has 2 heterocycles. The molecule has 29 heavy (non-hydrogen) atoms. The molecular weight excluding hydrogens is 381 g/mol. The van der Waals surface area contributed by atoms with E-state index in [0.717, 1.165) is 37.4 Å². The first-order valence-electron chi connectivity index (χ1n) is 9.33. The van der Waals surface area contributed by atoms with Crippen molar-refractivity contribution in [3.8, 4) is 11.6 Å². The van der Waals surface area contributed by atoms with E-state index in [2.05, 4.69) is 21.1 Å². The van der Waals surface area contributed by atoms with Crippen molar-refractivity contribution in [3.63, 3.8) is 0 Å². The van der Waals surface area contributed by atoms with E-state index >= 15 is 0 Å². The standard InChI is InChI=1S/C21H19F3N4O/c22-21(23,24)19-13-26-20(14-25-19)29-18-4-1-3-16(12-18)11-15-5-7-17(8-6-15)28-10-2-9-27-28/h1-4,9-14,17H,5-8H2. The summed E-state index contributed by atoms with van der Waals surface area (Å²) in [6, 6.07) is 9.77. The Morgan fingerprint density at radius 3 is 2.55 bits per heavy atom. The van der Waals surface area contributed by atoms with Crippen LogP contribution in [-0.2, 0) is 6.18 Å². The second-order valence-electron chi connectivity index (χ2n) is 6.93. The summed E-state index contributed by atoms with van der Waals surface area (Å²) in [5.74, 6) is 0.515. The summed E-state index contributed by atoms with van der Waals surface area (Å²) in [6.45, 7) is 0. The number of aromatic nitrogens is 4. The number of hydrogen-bond donors (Lipinski definition) is 0. The lowest BCUT2D eigenvalue weighted by molar-refractivity contribution is -0.141. The van der Waals surface area contributed by atoms with Gasteiger partial charge in [0.1, 0.15) is 5.75 Å². The second kappa shape index (κ2) is 8.06. The van der Waals surface area contributed by atoms with Gasteiger partial charge in [-0.1, -0.05) is 23.8 Å². The van der Waals surface area contributed by atoms with Crippen LogP contribution in [0.1, 0.15) is 43.0 Å². The van der Waals surface area contributed by atoms with E-state index in [-0.39, 0.29) is 5.88 Å². The summed E-state index contributed by atoms with van der Waals surface area (Å²) in [5, 5.41) is 4.33. The van der Waals surface area contributed by atoms with Gasteiger partial charge < -0.3 is 4.74 Å². The van der Waals surface area contributed by atoms with Crippen LogP contribution in [0.3, 0.4) is 0 Å². The Bertz CT molecular complexity index is 972. The Labute approximate surface area is 165 Å². The molecule has 5 nitrogen and oxygen atoms in total. The van der Waals surface area contributed by atoms with Gasteiger partial charge >= 0.3 is 6.18 Å². The zero-order valence-corrected chi connectivity index (χ0v) is 15.5. The SMILES string of the molecule is FC(F)(F)c1cnc(Oc2cccc(C=C3CCC(n4cccn4)CC3)c2)cn1. The Kier molecular flexibility index (Phi) is 5.33. The Morgan fingerprint density at radius 1 is 1.07 bits per heavy atom. The van der Waals surface area contributed by atoms with Crippen LogP contribution in [0.4, 0.5) is 13.2 Å². The number of alkyl halides is 3. The maximum absolute atomic E-state index is 12.6. The fourth-order valence-corrected chi connectivity index (χ4v) is 3.42. The summed E-state index contributed by atoms with van der Waals surface area (Å²) in [5.41, 5.74) is 1.30. The number of allylic oxidation sites excluding steroid dienone is 1. The maximum Gasteiger partial charge on any atom is 0.434 e. The third-order valence-corrected chi connectivity index (χ3v) is 4.87. The molecule has 1 fully saturated rings. The molecule has 150 valence electrons. The predicted molar refractivity (Wildman–Crippen MR) is 101 cm³/mol. The summed E-state index contributed by atoms with van der Waals surface area (Å²) < 4.78 is 45.3. The molecule has 2 aromatic heterocycles. The van der Waals surface area contributed by atoms with E-state index in [0.29, 0.717) is 18.0 Å². The molecule has 4 rings (SSSR count). The van der Waals surface area contributed by atoms with Crippen molar-refractivity contribution in [2.24, 2.45) is 0 Å². The molecule has 0 bridgehead atoms. The molecule has 1 aromatic carbocycles. The molecule has 0 N–H and O–H groups in total. The summed E-state index contributed by atoms with van der Waals surface area (Å²) in [7, 11) is 0. The number of hydrogen-bond acceptors (Lipinski definition) is 4. The molecule has 0 saturated heterocycles. The highest BCUT2D eigenvalue weighted by atomic mass is 19.4. The minimum absolute atomic E-state index is 0.0162. The molecule has 1 aliphatic rings. The first-order valence-corrected chi connectivity index (χ1v) is 9.33. The molecule has 8 heteroatoms. The smallest absolute Gasteiger partial charge is 0.434 e. The molecule has 0 radical (unpaired) electrons. The number of rotatable bonds is 4. The van der Waals surface area contributed by atoms with Crippen LogP contribution >= 0.6 is 0 Å². The first-order chi connectivity index (χ1) is 14.0. The average molecular weight is 400 g/mol. The zero-order valence-electron chi connectivity index (χ0n) is 15.5. The van der Waals surface area contributed by atoms with E-state index in [1.807, 2.05) is 35.1 Å². The number of ether oxygens (including phenoxy) is 1. The first kappa shape index (κ1) is 19.2. The van der Waals surface area contributed by atoms with E-state index < -0.39 is 11.9 Å². The second-order valence-corrected chi connectivity index (χ2v) is 6.93. The normalized spacial score (nSPS) is 17.2. The minimum Gasteiger partial charge on any atom is -0.437 e. The molecule has 1 saturated carbocycles. The summed E-state index contributed by atoms with van der Waals surface area (Å²) in [4.78, 5) is 7.05. The third kappa shape index (κ3) is 4.82. The minimum atomic E-state index is -4.52. The molecule has 0 spiro atoms. The van der Waals surface area contributed by atoms with Gasteiger partial charge in [-0.15, -0.1) is 0 Å². The van der Waals surface area contributed by atoms with E-state index in [9.17, 15) is 13.2 Å². The highest BCUT2D eigenvalue weighted by molar-refractivity contribution is 5.55. The summed E-state index contributed by atoms with van der Waals surface area (Å²) in [6.07, 6.45) is 7.17. The summed E-state index contributed by atoms with van der Waals surface area (Å²) >= 11 is 0. The Morgan fingerprint density at radius 2 is 1.90 bits per heavy atom. The van der Waals surface area contributed by atoms with Gasteiger partial charge in [0.25, 0.3) is 0 Å². The van der Waals surface area contributed by atoms with Crippen LogP contribution < -0.4 is 4.74 Å². The van der Waals surface area contributed by atoms with Crippen molar-refractivity contribution in [1.82, 2.24) is 19.7 Å². The van der Waals surface area contributed by atoms with Gasteiger partial charge in [0.2, 0.25) is 5.88 Å². The van der Waals surface area contributed by atoms with E-state index in [4.69, 9.17) is 4.74 Å². The van der Waals surface area contributed by atoms with Gasteiger partial charge in [0.05, 0.1) is 18.4 Å². The molecule has 3 aromatic rings. The highest BCUT2D eigenvalue weighted by Gasteiger charge is 2.32. The predicted octanol–water partition coefficient (Wildman–Crippen LogP) is 5.68. The van der Waals surface area contributed by atoms with Crippen molar-refractivity contribution in [3.05, 3.63) is 71.9 Å². The van der Waals surface area contributed by atoms with Gasteiger partial charge in [-0.2, -0.15) is 18.3 Å². The van der Waals surface area contributed by atoms with E-state index in [1.165, 1.54) is 5.57 Å². The number of nitrogens with zero attached hydrogens (tertiary/aromatic N) is 4. The van der Waals surface area contributed by atoms with Crippen molar-refractivity contribution >= 4 is 6.08 Å². The highest BCUT2D eigenvalue weighted by Crippen LogP contribution is 2.33. The van der Waals surface area contributed by atoms with Gasteiger partial charge in [0.15, 0.2) is 5.69 Å². The average Bonchev–Trinajstić information content (AvgIpc) is 3.23. The molecule has 0 amide bonds. The van der Waals surface area contributed by atoms with Crippen molar-refractivity contribution in [2.75, 3.05) is 0 Å². The lowest BCUT2D eigenvalue weighted by Crippen LogP contribution is -2.14. The third-order valence-electron chi connectivity index (χ3n) is 4.87. The zero-order chi connectivity index (χ0) is 20.3. The van der Waals surface area contributed by atoms with Crippen molar-refractivity contribution < 1.29 is 17.9 Å². The molecular formula is C21H19F3N4O. The number of halogens is 3. The molecule has 0 aliphatic heterocycles. The maximum atomic E-state index is 12.6. The van der Waals surface area contributed by atoms with Crippen molar-refractivity contribution in [2.45, 2.75) is 37.9 Å². The topological polar surface area (TPSA) is 52.8 Å². The fraction of sp³-hybridized carbons (Fsp3) is 0.286. The van der Waals surface area contributed by atoms with Crippen LogP contribution in [0.25, 0.3) is 6.08 Å². The van der Waals surface area contributed by atoms with Gasteiger partial charge in [-0.05, 0) is 49.4 Å². The quantitative estimate of drug-likeness (QED) is 0.565. The number of benzene rings is 1. The Balaban J connectivity index is 1.40. The monoisotopic (exact) mass is 400 g/mol.